The highest BCUT2D eigenvalue weighted by molar-refractivity contribution is 7.12. The molecule has 0 aromatic carbocycles. The number of nitrogens with two attached hydrogens (primary N) is 1. The first-order valence-electron chi connectivity index (χ1n) is 8.84. The third kappa shape index (κ3) is 5.19. The van der Waals surface area contributed by atoms with Crippen molar-refractivity contribution in [3.05, 3.63) is 74.5 Å². The molecule has 150 valence electrons. The summed E-state index contributed by atoms with van der Waals surface area (Å²) in [6, 6.07) is 7.70. The van der Waals surface area contributed by atoms with Crippen molar-refractivity contribution in [1.82, 2.24) is 19.3 Å². The zero-order valence-corrected chi connectivity index (χ0v) is 17.0. The number of nitrogens with zero attached hydrogens (tertiary/aromatic N) is 5. The topological polar surface area (TPSA) is 82.0 Å². The lowest BCUT2D eigenvalue weighted by Gasteiger charge is -2.09. The zero-order valence-electron chi connectivity index (χ0n) is 16.2. The maximum absolute atomic E-state index is 12.7. The molecule has 3 aromatic rings. The van der Waals surface area contributed by atoms with Crippen LogP contribution in [0.25, 0.3) is 0 Å². The van der Waals surface area contributed by atoms with Crippen LogP contribution in [0.4, 0.5) is 10.2 Å². The molecule has 0 amide bonds. The Kier molecular flexibility index (Phi) is 6.59. The first-order valence-corrected chi connectivity index (χ1v) is 9.66. The van der Waals surface area contributed by atoms with Crippen molar-refractivity contribution in [3.63, 3.8) is 0 Å². The number of halogens is 1. The van der Waals surface area contributed by atoms with Crippen LogP contribution in [0.15, 0.2) is 53.5 Å². The molecule has 3 heterocycles. The molecule has 0 unspecified atom stereocenters. The molecule has 3 aromatic heterocycles. The fourth-order valence-electron chi connectivity index (χ4n) is 2.48. The number of hydrogen-bond donors (Lipinski definition) is 1. The Labute approximate surface area is 171 Å². The molecular weight excluding hydrogens is 391 g/mol. The van der Waals surface area contributed by atoms with Crippen LogP contribution in [0.5, 0.6) is 0 Å². The van der Waals surface area contributed by atoms with E-state index in [1.807, 2.05) is 43.3 Å². The average molecular weight is 412 g/mol. The van der Waals surface area contributed by atoms with Crippen molar-refractivity contribution in [3.8, 4) is 11.8 Å². The molecule has 0 spiro atoms. The maximum Gasteiger partial charge on any atom is 0.346 e. The summed E-state index contributed by atoms with van der Waals surface area (Å²) in [5.74, 6) is 7.09. The van der Waals surface area contributed by atoms with E-state index in [-0.39, 0.29) is 18.8 Å². The Morgan fingerprint density at radius 2 is 2.14 bits per heavy atom. The number of hydrogen-bond acceptors (Lipinski definition) is 6. The molecule has 9 heteroatoms. The van der Waals surface area contributed by atoms with Crippen LogP contribution in [0.2, 0.25) is 0 Å². The van der Waals surface area contributed by atoms with E-state index >= 15 is 0 Å². The third-order valence-corrected chi connectivity index (χ3v) is 5.08. The first kappa shape index (κ1) is 20.5. The molecule has 3 rings (SSSR count). The van der Waals surface area contributed by atoms with Gasteiger partial charge in [0.1, 0.15) is 12.1 Å². The van der Waals surface area contributed by atoms with Crippen molar-refractivity contribution in [2.75, 3.05) is 25.5 Å². The molecule has 2 N–H and O–H groups in total. The second-order valence-corrected chi connectivity index (χ2v) is 7.65. The number of aromatic nitrogens is 4. The van der Waals surface area contributed by atoms with E-state index in [1.165, 1.54) is 26.9 Å². The van der Waals surface area contributed by atoms with Crippen LogP contribution in [-0.4, -0.2) is 40.0 Å². The third-order valence-electron chi connectivity index (χ3n) is 4.09. The highest BCUT2D eigenvalue weighted by Gasteiger charge is 2.08. The lowest BCUT2D eigenvalue weighted by molar-refractivity contribution is 0.604. The van der Waals surface area contributed by atoms with E-state index in [4.69, 9.17) is 5.73 Å². The lowest BCUT2D eigenvalue weighted by Crippen LogP contribution is -2.26. The minimum Gasteiger partial charge on any atom is -0.363 e. The molecule has 0 bridgehead atoms. The van der Waals surface area contributed by atoms with Crippen LogP contribution < -0.4 is 16.3 Å². The summed E-state index contributed by atoms with van der Waals surface area (Å²) in [7, 11) is 3.87. The van der Waals surface area contributed by atoms with Gasteiger partial charge in [0.25, 0.3) is 0 Å². The predicted molar refractivity (Wildman–Crippen MR) is 113 cm³/mol. The van der Waals surface area contributed by atoms with Gasteiger partial charge in [-0.1, -0.05) is 11.8 Å². The van der Waals surface area contributed by atoms with Crippen LogP contribution in [0.1, 0.15) is 15.3 Å². The summed E-state index contributed by atoms with van der Waals surface area (Å²) in [5.41, 5.74) is 6.25. The zero-order chi connectivity index (χ0) is 20.8. The van der Waals surface area contributed by atoms with Crippen molar-refractivity contribution in [2.24, 2.45) is 5.73 Å². The Bertz CT molecular complexity index is 1110. The number of rotatable bonds is 6. The van der Waals surface area contributed by atoms with Crippen molar-refractivity contribution >= 4 is 17.2 Å². The summed E-state index contributed by atoms with van der Waals surface area (Å²) >= 11 is 1.51. The van der Waals surface area contributed by atoms with Gasteiger partial charge < -0.3 is 10.6 Å². The molecular formula is C20H21FN6OS. The van der Waals surface area contributed by atoms with Gasteiger partial charge in [-0.2, -0.15) is 5.10 Å². The van der Waals surface area contributed by atoms with Crippen molar-refractivity contribution in [1.29, 1.82) is 0 Å². The smallest absolute Gasteiger partial charge is 0.346 e. The van der Waals surface area contributed by atoms with Gasteiger partial charge in [0.15, 0.2) is 0 Å². The van der Waals surface area contributed by atoms with Crippen molar-refractivity contribution < 1.29 is 4.39 Å². The van der Waals surface area contributed by atoms with E-state index in [2.05, 4.69) is 21.9 Å². The predicted octanol–water partition coefficient (Wildman–Crippen LogP) is 1.83. The average Bonchev–Trinajstić information content (AvgIpc) is 3.32. The summed E-state index contributed by atoms with van der Waals surface area (Å²) in [6.07, 6.45) is 3.60. The summed E-state index contributed by atoms with van der Waals surface area (Å²) in [5, 5.41) is 4.02. The largest absolute Gasteiger partial charge is 0.363 e. The van der Waals surface area contributed by atoms with E-state index in [0.717, 1.165) is 21.1 Å². The Morgan fingerprint density at radius 3 is 2.79 bits per heavy atom. The first-order chi connectivity index (χ1) is 14.0. The van der Waals surface area contributed by atoms with Gasteiger partial charge >= 0.3 is 5.69 Å². The molecule has 0 saturated carbocycles. The highest BCUT2D eigenvalue weighted by Crippen LogP contribution is 2.16. The Morgan fingerprint density at radius 1 is 1.31 bits per heavy atom. The van der Waals surface area contributed by atoms with Gasteiger partial charge in [-0.15, -0.1) is 11.3 Å². The van der Waals surface area contributed by atoms with Crippen LogP contribution >= 0.6 is 11.3 Å². The van der Waals surface area contributed by atoms with E-state index in [1.54, 1.807) is 6.20 Å². The van der Waals surface area contributed by atoms with Crippen molar-refractivity contribution in [2.45, 2.75) is 13.1 Å². The number of anilines is 1. The molecule has 0 saturated heterocycles. The van der Waals surface area contributed by atoms with E-state index < -0.39 is 0 Å². The van der Waals surface area contributed by atoms with Gasteiger partial charge in [0.2, 0.25) is 0 Å². The number of thiophene rings is 1. The fraction of sp³-hybridized carbons (Fsp3) is 0.250. The van der Waals surface area contributed by atoms with Crippen LogP contribution in [0, 0.1) is 11.8 Å². The molecule has 0 fully saturated rings. The highest BCUT2D eigenvalue weighted by atomic mass is 32.1. The minimum absolute atomic E-state index is 0.0378. The molecule has 0 aliphatic heterocycles. The molecule has 0 aliphatic rings. The lowest BCUT2D eigenvalue weighted by atomic mass is 10.3. The molecule has 7 nitrogen and oxygen atoms in total. The minimum atomic E-state index is -0.314. The molecule has 0 aliphatic carbocycles. The van der Waals surface area contributed by atoms with Gasteiger partial charge in [-0.05, 0) is 29.8 Å². The summed E-state index contributed by atoms with van der Waals surface area (Å²) in [4.78, 5) is 20.5. The monoisotopic (exact) mass is 412 g/mol. The van der Waals surface area contributed by atoms with E-state index in [9.17, 15) is 9.18 Å². The normalized spacial score (nSPS) is 11.2. The second-order valence-electron chi connectivity index (χ2n) is 6.49. The van der Waals surface area contributed by atoms with E-state index in [0.29, 0.717) is 18.4 Å². The standard InChI is InChI=1S/C20H21FN6OS/c1-25(2)19-8-4-15(11-23-19)3-5-17-6-7-18(29-17)13-26-14-24-27(20(26)28)12-16(9-21)10-22/h4,6-9,11,14H,10,12-13,22H2,1-2H3/b16-9+. The van der Waals surface area contributed by atoms with Gasteiger partial charge in [0.05, 0.1) is 24.3 Å². The SMILES string of the molecule is CN(C)c1ccc(C#Cc2ccc(Cn3cnn(C/C(=C/F)CN)c3=O)s2)cn1. The molecule has 0 radical (unpaired) electrons. The van der Waals surface area contributed by atoms with Crippen LogP contribution in [0.3, 0.4) is 0 Å². The molecule has 29 heavy (non-hydrogen) atoms. The van der Waals surface area contributed by atoms with Gasteiger partial charge in [0, 0.05) is 37.3 Å². The quantitative estimate of drug-likeness (QED) is 0.625. The van der Waals surface area contributed by atoms with Gasteiger partial charge in [-0.3, -0.25) is 4.57 Å². The van der Waals surface area contributed by atoms with Crippen LogP contribution in [-0.2, 0) is 13.1 Å². The Balaban J connectivity index is 1.69. The van der Waals surface area contributed by atoms with Gasteiger partial charge in [-0.25, -0.2) is 18.9 Å². The fourth-order valence-corrected chi connectivity index (χ4v) is 3.34. The molecule has 0 atom stereocenters. The second kappa shape index (κ2) is 9.32. The maximum atomic E-state index is 12.7. The Hall–Kier alpha value is -3.22. The summed E-state index contributed by atoms with van der Waals surface area (Å²) < 4.78 is 15.3. The number of pyridine rings is 1. The summed E-state index contributed by atoms with van der Waals surface area (Å²) in [6.45, 7) is 0.457.